The van der Waals surface area contributed by atoms with Crippen LogP contribution in [0.25, 0.3) is 6.08 Å². The van der Waals surface area contributed by atoms with Crippen LogP contribution in [0.5, 0.6) is 0 Å². The first-order valence-electron chi connectivity index (χ1n) is 8.18. The van der Waals surface area contributed by atoms with Crippen LogP contribution in [0.1, 0.15) is 54.9 Å². The van der Waals surface area contributed by atoms with Crippen LogP contribution in [0.3, 0.4) is 0 Å². The van der Waals surface area contributed by atoms with Gasteiger partial charge in [0.05, 0.1) is 0 Å². The molecular weight excluding hydrogens is 266 g/mol. The van der Waals surface area contributed by atoms with Crippen molar-refractivity contribution in [3.8, 4) is 0 Å². The van der Waals surface area contributed by atoms with E-state index in [-0.39, 0.29) is 0 Å². The van der Waals surface area contributed by atoms with Gasteiger partial charge >= 0.3 is 0 Å². The van der Waals surface area contributed by atoms with Gasteiger partial charge in [-0.15, -0.1) is 0 Å². The number of aliphatic imine (C=N–C) groups is 1. The highest BCUT2D eigenvalue weighted by Crippen LogP contribution is 2.36. The fourth-order valence-electron chi connectivity index (χ4n) is 3.11. The molecule has 2 aromatic carbocycles. The lowest BCUT2D eigenvalue weighted by Gasteiger charge is -2.16. The Bertz CT molecular complexity index is 709. The minimum absolute atomic E-state index is 0.351. The molecule has 1 aliphatic carbocycles. The molecular formula is C21H23N. The fraction of sp³-hybridized carbons (Fsp3) is 0.286. The maximum Gasteiger partial charge on any atom is 0.0392 e. The molecule has 0 bridgehead atoms. The summed E-state index contributed by atoms with van der Waals surface area (Å²) in [4.78, 5) is 4.76. The van der Waals surface area contributed by atoms with Gasteiger partial charge in [0.25, 0.3) is 0 Å². The average Bonchev–Trinajstić information content (AvgIpc) is 2.99. The number of benzene rings is 2. The van der Waals surface area contributed by atoms with Gasteiger partial charge in [-0.3, -0.25) is 4.99 Å². The molecule has 112 valence electrons. The molecule has 0 heterocycles. The maximum atomic E-state index is 4.76. The molecule has 0 spiro atoms. The first-order chi connectivity index (χ1) is 10.8. The number of hydrogen-bond donors (Lipinski definition) is 0. The molecule has 0 aliphatic heterocycles. The highest BCUT2D eigenvalue weighted by Gasteiger charge is 2.21. The molecule has 1 nitrogen and oxygen atoms in total. The standard InChI is InChI=1S/C21H23N/c1-3-4-15-22-16(2)18-10-7-8-12-20(18)21-14-13-17-9-5-6-11-19(17)21/h5-14,21H,3-4,15H2,1-2H3/b22-16+. The zero-order valence-electron chi connectivity index (χ0n) is 13.4. The molecule has 1 heteroatoms. The summed E-state index contributed by atoms with van der Waals surface area (Å²) in [6.07, 6.45) is 6.89. The quantitative estimate of drug-likeness (QED) is 0.512. The van der Waals surface area contributed by atoms with Gasteiger partial charge in [-0.25, -0.2) is 0 Å². The van der Waals surface area contributed by atoms with Crippen molar-refractivity contribution < 1.29 is 0 Å². The van der Waals surface area contributed by atoms with Crippen molar-refractivity contribution in [2.75, 3.05) is 6.54 Å². The van der Waals surface area contributed by atoms with E-state index >= 15 is 0 Å². The van der Waals surface area contributed by atoms with Crippen molar-refractivity contribution in [1.29, 1.82) is 0 Å². The Kier molecular flexibility index (Phi) is 4.53. The van der Waals surface area contributed by atoms with Gasteiger partial charge in [0.1, 0.15) is 0 Å². The molecule has 3 rings (SSSR count). The third-order valence-corrected chi connectivity index (χ3v) is 4.35. The van der Waals surface area contributed by atoms with E-state index in [9.17, 15) is 0 Å². The lowest BCUT2D eigenvalue weighted by molar-refractivity contribution is 0.807. The van der Waals surface area contributed by atoms with Crippen molar-refractivity contribution in [1.82, 2.24) is 0 Å². The van der Waals surface area contributed by atoms with Crippen LogP contribution in [0.15, 0.2) is 59.6 Å². The molecule has 0 saturated heterocycles. The van der Waals surface area contributed by atoms with Crippen LogP contribution in [0, 0.1) is 0 Å². The summed E-state index contributed by atoms with van der Waals surface area (Å²) in [7, 11) is 0. The van der Waals surface area contributed by atoms with Crippen molar-refractivity contribution in [3.05, 3.63) is 76.9 Å². The summed E-state index contributed by atoms with van der Waals surface area (Å²) in [5.41, 5.74) is 6.53. The lowest BCUT2D eigenvalue weighted by Crippen LogP contribution is -2.06. The second-order valence-corrected chi connectivity index (χ2v) is 5.87. The van der Waals surface area contributed by atoms with Crippen LogP contribution in [0.2, 0.25) is 0 Å². The summed E-state index contributed by atoms with van der Waals surface area (Å²) < 4.78 is 0. The Morgan fingerprint density at radius 3 is 2.55 bits per heavy atom. The smallest absolute Gasteiger partial charge is 0.0392 e. The zero-order chi connectivity index (χ0) is 15.4. The summed E-state index contributed by atoms with van der Waals surface area (Å²) in [6, 6.07) is 17.4. The predicted octanol–water partition coefficient (Wildman–Crippen LogP) is 5.45. The van der Waals surface area contributed by atoms with Crippen LogP contribution in [0.4, 0.5) is 0 Å². The van der Waals surface area contributed by atoms with E-state index in [0.717, 1.165) is 18.7 Å². The third-order valence-electron chi connectivity index (χ3n) is 4.35. The zero-order valence-corrected chi connectivity index (χ0v) is 13.4. The average molecular weight is 289 g/mol. The molecule has 2 aromatic rings. The van der Waals surface area contributed by atoms with E-state index in [2.05, 4.69) is 74.5 Å². The van der Waals surface area contributed by atoms with Crippen LogP contribution >= 0.6 is 0 Å². The van der Waals surface area contributed by atoms with Gasteiger partial charge in [-0.05, 0) is 35.6 Å². The Balaban J connectivity index is 1.96. The number of fused-ring (bicyclic) bond motifs is 1. The molecule has 0 amide bonds. The molecule has 22 heavy (non-hydrogen) atoms. The molecule has 0 saturated carbocycles. The number of nitrogens with zero attached hydrogens (tertiary/aromatic N) is 1. The monoisotopic (exact) mass is 289 g/mol. The number of unbranched alkanes of at least 4 members (excludes halogenated alkanes) is 1. The summed E-state index contributed by atoms with van der Waals surface area (Å²) in [5.74, 6) is 0.351. The second-order valence-electron chi connectivity index (χ2n) is 5.87. The van der Waals surface area contributed by atoms with Crippen molar-refractivity contribution in [2.24, 2.45) is 4.99 Å². The number of rotatable bonds is 5. The van der Waals surface area contributed by atoms with E-state index in [4.69, 9.17) is 4.99 Å². The van der Waals surface area contributed by atoms with Crippen molar-refractivity contribution >= 4 is 11.8 Å². The third kappa shape index (κ3) is 2.89. The number of allylic oxidation sites excluding steroid dienone is 1. The van der Waals surface area contributed by atoms with Crippen LogP contribution in [-0.4, -0.2) is 12.3 Å². The SMILES string of the molecule is CCCC/N=C(\C)c1ccccc1C1C=Cc2ccccc21. The Hall–Kier alpha value is -2.15. The van der Waals surface area contributed by atoms with E-state index < -0.39 is 0 Å². The Morgan fingerprint density at radius 2 is 1.73 bits per heavy atom. The van der Waals surface area contributed by atoms with E-state index in [1.807, 2.05) is 0 Å². The fourth-order valence-corrected chi connectivity index (χ4v) is 3.11. The molecule has 1 aliphatic rings. The second kappa shape index (κ2) is 6.74. The molecule has 0 radical (unpaired) electrons. The highest BCUT2D eigenvalue weighted by atomic mass is 14.7. The minimum atomic E-state index is 0.351. The molecule has 1 unspecified atom stereocenters. The topological polar surface area (TPSA) is 12.4 Å². The van der Waals surface area contributed by atoms with Crippen LogP contribution in [-0.2, 0) is 0 Å². The van der Waals surface area contributed by atoms with Gasteiger partial charge in [0, 0.05) is 18.2 Å². The summed E-state index contributed by atoms with van der Waals surface area (Å²) in [5, 5.41) is 0. The first kappa shape index (κ1) is 14.8. The Labute approximate surface area is 133 Å². The van der Waals surface area contributed by atoms with Crippen LogP contribution < -0.4 is 0 Å². The molecule has 0 aromatic heterocycles. The Morgan fingerprint density at radius 1 is 1.00 bits per heavy atom. The van der Waals surface area contributed by atoms with Crippen molar-refractivity contribution in [2.45, 2.75) is 32.6 Å². The highest BCUT2D eigenvalue weighted by molar-refractivity contribution is 6.00. The molecule has 1 atom stereocenters. The largest absolute Gasteiger partial charge is 0.289 e. The molecule has 0 fully saturated rings. The van der Waals surface area contributed by atoms with Gasteiger partial charge in [-0.2, -0.15) is 0 Å². The van der Waals surface area contributed by atoms with E-state index in [1.54, 1.807) is 0 Å². The van der Waals surface area contributed by atoms with Gasteiger partial charge in [0.15, 0.2) is 0 Å². The molecule has 0 N–H and O–H groups in total. The van der Waals surface area contributed by atoms with Gasteiger partial charge < -0.3 is 0 Å². The first-order valence-corrected chi connectivity index (χ1v) is 8.18. The normalized spacial score (nSPS) is 16.8. The summed E-state index contributed by atoms with van der Waals surface area (Å²) in [6.45, 7) is 5.27. The van der Waals surface area contributed by atoms with E-state index in [0.29, 0.717) is 5.92 Å². The summed E-state index contributed by atoms with van der Waals surface area (Å²) >= 11 is 0. The minimum Gasteiger partial charge on any atom is -0.289 e. The predicted molar refractivity (Wildman–Crippen MR) is 95.7 cm³/mol. The lowest BCUT2D eigenvalue weighted by atomic mass is 9.88. The van der Waals surface area contributed by atoms with E-state index in [1.165, 1.54) is 28.7 Å². The maximum absolute atomic E-state index is 4.76. The van der Waals surface area contributed by atoms with Crippen molar-refractivity contribution in [3.63, 3.8) is 0 Å². The van der Waals surface area contributed by atoms with Gasteiger partial charge in [0.2, 0.25) is 0 Å². The number of hydrogen-bond acceptors (Lipinski definition) is 1. The van der Waals surface area contributed by atoms with Gasteiger partial charge in [-0.1, -0.05) is 74.0 Å².